The van der Waals surface area contributed by atoms with Gasteiger partial charge in [-0.15, -0.1) is 0 Å². The topological polar surface area (TPSA) is 87.1 Å². The van der Waals surface area contributed by atoms with Crippen LogP contribution in [0.1, 0.15) is 33.3 Å². The lowest BCUT2D eigenvalue weighted by molar-refractivity contribution is 0.0994. The van der Waals surface area contributed by atoms with E-state index >= 15 is 0 Å². The van der Waals surface area contributed by atoms with Crippen LogP contribution in [0.15, 0.2) is 57.7 Å². The van der Waals surface area contributed by atoms with Crippen molar-refractivity contribution in [2.75, 3.05) is 12.4 Å². The Morgan fingerprint density at radius 1 is 1.23 bits per heavy atom. The van der Waals surface area contributed by atoms with Crippen LogP contribution in [0.4, 0.5) is 5.69 Å². The molecule has 0 saturated carbocycles. The van der Waals surface area contributed by atoms with Crippen LogP contribution >= 0.6 is 15.9 Å². The number of halogens is 1. The van der Waals surface area contributed by atoms with Gasteiger partial charge >= 0.3 is 0 Å². The molecule has 0 fully saturated rings. The Morgan fingerprint density at radius 2 is 2.06 bits per heavy atom. The average molecular weight is 484 g/mol. The molecule has 3 aromatic heterocycles. The van der Waals surface area contributed by atoms with E-state index in [0.717, 1.165) is 27.2 Å². The molecule has 0 aliphatic carbocycles. The van der Waals surface area contributed by atoms with Gasteiger partial charge in [0.05, 0.1) is 47.9 Å². The van der Waals surface area contributed by atoms with E-state index in [0.29, 0.717) is 24.5 Å². The molecule has 31 heavy (non-hydrogen) atoms. The lowest BCUT2D eigenvalue weighted by Crippen LogP contribution is -2.10. The second-order valence-corrected chi connectivity index (χ2v) is 7.93. The number of benzene rings is 1. The predicted octanol–water partition coefficient (Wildman–Crippen LogP) is 4.41. The third kappa shape index (κ3) is 4.72. The number of nitrogens with zero attached hydrogens (tertiary/aromatic N) is 4. The first-order valence-corrected chi connectivity index (χ1v) is 10.5. The Labute approximate surface area is 187 Å². The minimum absolute atomic E-state index is 0.233. The van der Waals surface area contributed by atoms with E-state index in [1.54, 1.807) is 36.3 Å². The molecule has 0 bridgehead atoms. The highest BCUT2D eigenvalue weighted by molar-refractivity contribution is 9.10. The molecule has 3 heterocycles. The van der Waals surface area contributed by atoms with Crippen LogP contribution in [0, 0.1) is 13.8 Å². The third-order valence-electron chi connectivity index (χ3n) is 4.85. The van der Waals surface area contributed by atoms with Gasteiger partial charge < -0.3 is 14.5 Å². The molecule has 8 nitrogen and oxygen atoms in total. The number of anilines is 1. The van der Waals surface area contributed by atoms with Gasteiger partial charge in [0.25, 0.3) is 5.91 Å². The highest BCUT2D eigenvalue weighted by atomic mass is 79.9. The Morgan fingerprint density at radius 3 is 2.81 bits per heavy atom. The molecule has 9 heteroatoms. The van der Waals surface area contributed by atoms with Crippen LogP contribution in [0.3, 0.4) is 0 Å². The van der Waals surface area contributed by atoms with Gasteiger partial charge in [-0.3, -0.25) is 14.2 Å². The lowest BCUT2D eigenvalue weighted by atomic mass is 10.2. The van der Waals surface area contributed by atoms with E-state index in [1.807, 2.05) is 42.8 Å². The summed E-state index contributed by atoms with van der Waals surface area (Å²) in [7, 11) is 1.64. The van der Waals surface area contributed by atoms with Crippen LogP contribution in [0.5, 0.6) is 5.75 Å². The van der Waals surface area contributed by atoms with Crippen molar-refractivity contribution in [2.45, 2.75) is 26.9 Å². The Kier molecular flexibility index (Phi) is 5.94. The normalized spacial score (nSPS) is 11.0. The van der Waals surface area contributed by atoms with Crippen LogP contribution in [-0.4, -0.2) is 32.6 Å². The quantitative estimate of drug-likeness (QED) is 0.420. The number of nitrogens with one attached hydrogen (secondary N) is 1. The zero-order chi connectivity index (χ0) is 22.0. The summed E-state index contributed by atoms with van der Waals surface area (Å²) in [5.41, 5.74) is 3.55. The largest absolute Gasteiger partial charge is 0.497 e. The minimum Gasteiger partial charge on any atom is -0.497 e. The van der Waals surface area contributed by atoms with Gasteiger partial charge in [0.15, 0.2) is 5.76 Å². The highest BCUT2D eigenvalue weighted by Crippen LogP contribution is 2.21. The lowest BCUT2D eigenvalue weighted by Gasteiger charge is -2.04. The Bertz CT molecular complexity index is 1220. The Balaban J connectivity index is 1.39. The minimum atomic E-state index is -0.332. The summed E-state index contributed by atoms with van der Waals surface area (Å²) in [6.45, 7) is 4.92. The van der Waals surface area contributed by atoms with Crippen LogP contribution < -0.4 is 10.1 Å². The second kappa shape index (κ2) is 8.81. The van der Waals surface area contributed by atoms with E-state index in [9.17, 15) is 4.79 Å². The molecular formula is C22H22BrN5O3. The second-order valence-electron chi connectivity index (χ2n) is 7.14. The molecule has 160 valence electrons. The van der Waals surface area contributed by atoms with E-state index in [2.05, 4.69) is 31.4 Å². The molecule has 0 saturated heterocycles. The molecule has 0 atom stereocenters. The van der Waals surface area contributed by atoms with Gasteiger partial charge in [-0.25, -0.2) is 0 Å². The fourth-order valence-electron chi connectivity index (χ4n) is 3.23. The molecule has 0 radical (unpaired) electrons. The number of methoxy groups -OCH3 is 1. The summed E-state index contributed by atoms with van der Waals surface area (Å²) >= 11 is 3.52. The van der Waals surface area contributed by atoms with Crippen LogP contribution in [0.25, 0.3) is 0 Å². The summed E-state index contributed by atoms with van der Waals surface area (Å²) < 4.78 is 15.5. The number of carbonyl (C=O) groups excluding carboxylic acids is 1. The van der Waals surface area contributed by atoms with Crippen molar-refractivity contribution < 1.29 is 13.9 Å². The van der Waals surface area contributed by atoms with Gasteiger partial charge in [-0.05, 0) is 59.6 Å². The molecule has 4 rings (SSSR count). The third-order valence-corrected chi connectivity index (χ3v) is 6.00. The van der Waals surface area contributed by atoms with E-state index < -0.39 is 0 Å². The number of ether oxygens (including phenoxy) is 1. The summed E-state index contributed by atoms with van der Waals surface area (Å²) in [5, 5.41) is 11.6. The Hall–Kier alpha value is -3.33. The maximum Gasteiger partial charge on any atom is 0.291 e. The van der Waals surface area contributed by atoms with Gasteiger partial charge in [0.2, 0.25) is 0 Å². The number of rotatable bonds is 7. The molecular weight excluding hydrogens is 462 g/mol. The number of carbonyl (C=O) groups is 1. The number of aromatic nitrogens is 4. The zero-order valence-electron chi connectivity index (χ0n) is 17.4. The smallest absolute Gasteiger partial charge is 0.291 e. The van der Waals surface area contributed by atoms with Crippen molar-refractivity contribution >= 4 is 27.5 Å². The van der Waals surface area contributed by atoms with E-state index in [-0.39, 0.29) is 11.7 Å². The van der Waals surface area contributed by atoms with Crippen molar-refractivity contribution in [3.05, 3.63) is 81.7 Å². The standard InChI is InChI=1S/C22H22BrN5O3/c1-14-21(23)15(2)28(26-14)13-19-7-8-20(31-19)22(29)25-17-10-24-27(12-17)11-16-5-4-6-18(9-16)30-3/h4-10,12H,11,13H2,1-3H3,(H,25,29). The molecule has 4 aromatic rings. The first-order chi connectivity index (χ1) is 14.9. The SMILES string of the molecule is COc1cccc(Cn2cc(NC(=O)c3ccc(Cn4nc(C)c(Br)c4C)o3)cn2)c1. The number of amides is 1. The molecule has 0 aliphatic rings. The van der Waals surface area contributed by atoms with Crippen LogP contribution in [-0.2, 0) is 13.1 Å². The maximum atomic E-state index is 12.6. The molecule has 0 aliphatic heterocycles. The van der Waals surface area contributed by atoms with Gasteiger partial charge in [-0.2, -0.15) is 10.2 Å². The van der Waals surface area contributed by atoms with Crippen molar-refractivity contribution in [3.63, 3.8) is 0 Å². The molecule has 1 N–H and O–H groups in total. The van der Waals surface area contributed by atoms with Crippen molar-refractivity contribution in [1.82, 2.24) is 19.6 Å². The van der Waals surface area contributed by atoms with Gasteiger partial charge in [0, 0.05) is 6.20 Å². The van der Waals surface area contributed by atoms with Gasteiger partial charge in [-0.1, -0.05) is 12.1 Å². The number of hydrogen-bond donors (Lipinski definition) is 1. The summed E-state index contributed by atoms with van der Waals surface area (Å²) in [6, 6.07) is 11.2. The summed E-state index contributed by atoms with van der Waals surface area (Å²) in [4.78, 5) is 12.6. The molecule has 1 aromatic carbocycles. The molecule has 1 amide bonds. The number of hydrogen-bond acceptors (Lipinski definition) is 5. The van der Waals surface area contributed by atoms with E-state index in [4.69, 9.17) is 9.15 Å². The average Bonchev–Trinajstić information content (AvgIpc) is 3.46. The van der Waals surface area contributed by atoms with Crippen molar-refractivity contribution in [3.8, 4) is 5.75 Å². The van der Waals surface area contributed by atoms with Crippen LogP contribution in [0.2, 0.25) is 0 Å². The van der Waals surface area contributed by atoms with Crippen molar-refractivity contribution in [2.24, 2.45) is 0 Å². The van der Waals surface area contributed by atoms with E-state index in [1.165, 1.54) is 0 Å². The fourth-order valence-corrected chi connectivity index (χ4v) is 3.51. The monoisotopic (exact) mass is 483 g/mol. The zero-order valence-corrected chi connectivity index (χ0v) is 19.0. The molecule has 0 spiro atoms. The maximum absolute atomic E-state index is 12.6. The molecule has 0 unspecified atom stereocenters. The van der Waals surface area contributed by atoms with Crippen molar-refractivity contribution in [1.29, 1.82) is 0 Å². The summed E-state index contributed by atoms with van der Waals surface area (Å²) in [5.74, 6) is 1.34. The first-order valence-electron chi connectivity index (χ1n) is 9.68. The first kappa shape index (κ1) is 20.9. The predicted molar refractivity (Wildman–Crippen MR) is 119 cm³/mol. The fraction of sp³-hybridized carbons (Fsp3) is 0.227. The number of furan rings is 1. The number of aryl methyl sites for hydroxylation is 1. The van der Waals surface area contributed by atoms with Gasteiger partial charge in [0.1, 0.15) is 11.5 Å². The summed E-state index contributed by atoms with van der Waals surface area (Å²) in [6.07, 6.45) is 3.38. The highest BCUT2D eigenvalue weighted by Gasteiger charge is 2.15.